The third-order valence-corrected chi connectivity index (χ3v) is 6.59. The third-order valence-electron chi connectivity index (χ3n) is 6.59. The molecule has 0 unspecified atom stereocenters. The number of nitrogens with zero attached hydrogens (tertiary/aromatic N) is 3. The average molecular weight is 442 g/mol. The number of hydrogen-bond donors (Lipinski definition) is 3. The number of benzene rings is 1. The van der Waals surface area contributed by atoms with Crippen LogP contribution in [0.3, 0.4) is 0 Å². The standard InChI is InChI=1S/C24H32FN5O2/c1-16-20(3-2-4-21(16)25)23(32)30(15-17-9-12-26-13-10-17)22-11-14-27-24(29-22)28-18-5-7-19(31)8-6-18/h2-4,11,14,17-19,26,31H,5-10,12-13,15H2,1H3,(H,27,28,29). The minimum Gasteiger partial charge on any atom is -0.393 e. The first-order valence-corrected chi connectivity index (χ1v) is 11.6. The number of rotatable bonds is 6. The summed E-state index contributed by atoms with van der Waals surface area (Å²) in [5, 5.41) is 16.5. The number of aromatic nitrogens is 2. The van der Waals surface area contributed by atoms with E-state index in [4.69, 9.17) is 0 Å². The molecule has 172 valence electrons. The summed E-state index contributed by atoms with van der Waals surface area (Å²) in [7, 11) is 0. The second kappa shape index (κ2) is 10.4. The number of anilines is 2. The maximum absolute atomic E-state index is 14.2. The van der Waals surface area contributed by atoms with Gasteiger partial charge < -0.3 is 15.7 Å². The molecule has 2 aliphatic rings. The Bertz CT molecular complexity index is 926. The van der Waals surface area contributed by atoms with Crippen LogP contribution in [-0.4, -0.2) is 52.8 Å². The van der Waals surface area contributed by atoms with Crippen LogP contribution >= 0.6 is 0 Å². The largest absolute Gasteiger partial charge is 0.393 e. The smallest absolute Gasteiger partial charge is 0.259 e. The predicted molar refractivity (Wildman–Crippen MR) is 122 cm³/mol. The lowest BCUT2D eigenvalue weighted by molar-refractivity contribution is 0.0978. The first-order valence-electron chi connectivity index (χ1n) is 11.6. The number of halogens is 1. The molecule has 1 saturated heterocycles. The molecule has 0 spiro atoms. The molecule has 1 aliphatic heterocycles. The molecule has 1 aromatic carbocycles. The van der Waals surface area contributed by atoms with Crippen LogP contribution < -0.4 is 15.5 Å². The Labute approximate surface area is 188 Å². The summed E-state index contributed by atoms with van der Waals surface area (Å²) in [6, 6.07) is 6.56. The summed E-state index contributed by atoms with van der Waals surface area (Å²) >= 11 is 0. The van der Waals surface area contributed by atoms with E-state index in [-0.39, 0.29) is 23.9 Å². The summed E-state index contributed by atoms with van der Waals surface area (Å²) < 4.78 is 14.2. The summed E-state index contributed by atoms with van der Waals surface area (Å²) in [6.45, 7) is 4.02. The van der Waals surface area contributed by atoms with Crippen LogP contribution in [-0.2, 0) is 0 Å². The van der Waals surface area contributed by atoms with Gasteiger partial charge in [0.25, 0.3) is 5.91 Å². The minimum absolute atomic E-state index is 0.202. The van der Waals surface area contributed by atoms with E-state index in [1.807, 2.05) is 0 Å². The first kappa shape index (κ1) is 22.6. The second-order valence-corrected chi connectivity index (χ2v) is 8.91. The highest BCUT2D eigenvalue weighted by molar-refractivity contribution is 6.06. The van der Waals surface area contributed by atoms with Gasteiger partial charge in [0.15, 0.2) is 0 Å². The highest BCUT2D eigenvalue weighted by atomic mass is 19.1. The minimum atomic E-state index is -0.387. The summed E-state index contributed by atoms with van der Waals surface area (Å²) in [6.07, 6.45) is 6.62. The number of hydrogen-bond acceptors (Lipinski definition) is 6. The van der Waals surface area contributed by atoms with Gasteiger partial charge in [-0.15, -0.1) is 0 Å². The molecule has 2 heterocycles. The molecule has 2 fully saturated rings. The number of amides is 1. The Morgan fingerprint density at radius 3 is 2.69 bits per heavy atom. The van der Waals surface area contributed by atoms with Crippen molar-refractivity contribution in [3.8, 4) is 0 Å². The Kier molecular flexibility index (Phi) is 7.32. The van der Waals surface area contributed by atoms with Crippen molar-refractivity contribution in [3.63, 3.8) is 0 Å². The third kappa shape index (κ3) is 5.42. The molecule has 3 N–H and O–H groups in total. The number of carbonyl (C=O) groups excluding carboxylic acids is 1. The van der Waals surface area contributed by atoms with E-state index in [9.17, 15) is 14.3 Å². The van der Waals surface area contributed by atoms with E-state index < -0.39 is 0 Å². The average Bonchev–Trinajstić information content (AvgIpc) is 2.81. The molecule has 7 nitrogen and oxygen atoms in total. The van der Waals surface area contributed by atoms with E-state index in [0.29, 0.717) is 35.4 Å². The van der Waals surface area contributed by atoms with Crippen LogP contribution in [0.15, 0.2) is 30.5 Å². The summed E-state index contributed by atoms with van der Waals surface area (Å²) in [4.78, 5) is 24.3. The molecule has 1 amide bonds. The van der Waals surface area contributed by atoms with Crippen molar-refractivity contribution in [1.29, 1.82) is 0 Å². The van der Waals surface area contributed by atoms with Gasteiger partial charge in [-0.05, 0) is 88.2 Å². The maximum atomic E-state index is 14.2. The van der Waals surface area contributed by atoms with Crippen molar-refractivity contribution in [2.45, 2.75) is 57.6 Å². The molecule has 8 heteroatoms. The van der Waals surface area contributed by atoms with Crippen LogP contribution in [0.4, 0.5) is 16.2 Å². The van der Waals surface area contributed by atoms with Crippen LogP contribution in [0, 0.1) is 18.7 Å². The van der Waals surface area contributed by atoms with Crippen LogP contribution in [0.2, 0.25) is 0 Å². The SMILES string of the molecule is Cc1c(F)cccc1C(=O)N(CC1CCNCC1)c1ccnc(NC2CCC(O)CC2)n1. The van der Waals surface area contributed by atoms with Gasteiger partial charge in [0, 0.05) is 24.3 Å². The lowest BCUT2D eigenvalue weighted by atomic mass is 9.93. The Morgan fingerprint density at radius 2 is 1.94 bits per heavy atom. The topological polar surface area (TPSA) is 90.4 Å². The van der Waals surface area contributed by atoms with Gasteiger partial charge in [-0.2, -0.15) is 4.98 Å². The van der Waals surface area contributed by atoms with Crippen molar-refractivity contribution < 1.29 is 14.3 Å². The summed E-state index contributed by atoms with van der Waals surface area (Å²) in [5.41, 5.74) is 0.703. The quantitative estimate of drug-likeness (QED) is 0.637. The zero-order valence-corrected chi connectivity index (χ0v) is 18.6. The second-order valence-electron chi connectivity index (χ2n) is 8.91. The fourth-order valence-corrected chi connectivity index (χ4v) is 4.56. The molecule has 0 radical (unpaired) electrons. The first-order chi connectivity index (χ1) is 15.5. The van der Waals surface area contributed by atoms with Gasteiger partial charge in [0.2, 0.25) is 5.95 Å². The molecule has 0 bridgehead atoms. The number of nitrogens with one attached hydrogen (secondary N) is 2. The molecule has 1 aliphatic carbocycles. The molecule has 32 heavy (non-hydrogen) atoms. The summed E-state index contributed by atoms with van der Waals surface area (Å²) in [5.74, 6) is 0.710. The molecule has 4 rings (SSSR count). The van der Waals surface area contributed by atoms with Crippen molar-refractivity contribution in [2.75, 3.05) is 29.9 Å². The van der Waals surface area contributed by atoms with Crippen molar-refractivity contribution in [3.05, 3.63) is 47.4 Å². The zero-order valence-electron chi connectivity index (χ0n) is 18.6. The van der Waals surface area contributed by atoms with E-state index in [1.165, 1.54) is 6.07 Å². The molecule has 1 saturated carbocycles. The van der Waals surface area contributed by atoms with Gasteiger partial charge in [-0.3, -0.25) is 9.69 Å². The van der Waals surface area contributed by atoms with Crippen LogP contribution in [0.5, 0.6) is 0 Å². The van der Waals surface area contributed by atoms with E-state index in [1.54, 1.807) is 36.2 Å². The normalized spacial score (nSPS) is 21.8. The zero-order chi connectivity index (χ0) is 22.5. The predicted octanol–water partition coefficient (Wildman–Crippen LogP) is 3.29. The Hall–Kier alpha value is -2.58. The Balaban J connectivity index is 1.59. The lowest BCUT2D eigenvalue weighted by Crippen LogP contribution is -2.40. The van der Waals surface area contributed by atoms with Gasteiger partial charge >= 0.3 is 0 Å². The van der Waals surface area contributed by atoms with Gasteiger partial charge in [0.1, 0.15) is 11.6 Å². The fraction of sp³-hybridized carbons (Fsp3) is 0.542. The van der Waals surface area contributed by atoms with Crippen molar-refractivity contribution in [1.82, 2.24) is 15.3 Å². The Morgan fingerprint density at radius 1 is 1.19 bits per heavy atom. The number of aliphatic hydroxyl groups is 1. The van der Waals surface area contributed by atoms with Gasteiger partial charge in [-0.25, -0.2) is 9.37 Å². The molecule has 0 atom stereocenters. The molecule has 2 aromatic rings. The fourth-order valence-electron chi connectivity index (χ4n) is 4.56. The van der Waals surface area contributed by atoms with E-state index in [0.717, 1.165) is 51.6 Å². The number of aliphatic hydroxyl groups excluding tert-OH is 1. The van der Waals surface area contributed by atoms with Gasteiger partial charge in [-0.1, -0.05) is 6.07 Å². The van der Waals surface area contributed by atoms with Crippen LogP contribution in [0.25, 0.3) is 0 Å². The molecular weight excluding hydrogens is 409 g/mol. The molecular formula is C24H32FN5O2. The maximum Gasteiger partial charge on any atom is 0.259 e. The van der Waals surface area contributed by atoms with Crippen LogP contribution in [0.1, 0.15) is 54.4 Å². The number of carbonyl (C=O) groups is 1. The van der Waals surface area contributed by atoms with E-state index in [2.05, 4.69) is 20.6 Å². The highest BCUT2D eigenvalue weighted by Gasteiger charge is 2.27. The lowest BCUT2D eigenvalue weighted by Gasteiger charge is -2.30. The monoisotopic (exact) mass is 441 g/mol. The van der Waals surface area contributed by atoms with E-state index >= 15 is 0 Å². The highest BCUT2D eigenvalue weighted by Crippen LogP contribution is 2.25. The molecule has 1 aromatic heterocycles. The number of piperidine rings is 1. The van der Waals surface area contributed by atoms with Gasteiger partial charge in [0.05, 0.1) is 6.10 Å². The van der Waals surface area contributed by atoms with Crippen molar-refractivity contribution in [2.24, 2.45) is 5.92 Å². The van der Waals surface area contributed by atoms with Crippen molar-refractivity contribution >= 4 is 17.7 Å².